The molecule has 1 aliphatic heterocycles. The highest BCUT2D eigenvalue weighted by molar-refractivity contribution is 7.89. The molecule has 1 atom stereocenters. The van der Waals surface area contributed by atoms with Gasteiger partial charge in [0.25, 0.3) is 0 Å². The van der Waals surface area contributed by atoms with Gasteiger partial charge < -0.3 is 4.98 Å². The van der Waals surface area contributed by atoms with Crippen molar-refractivity contribution in [2.45, 2.75) is 18.8 Å². The van der Waals surface area contributed by atoms with Gasteiger partial charge in [0.15, 0.2) is 0 Å². The lowest BCUT2D eigenvalue weighted by Crippen LogP contribution is -2.64. The number of nitrogens with zero attached hydrogens (tertiary/aromatic N) is 6. The van der Waals surface area contributed by atoms with Gasteiger partial charge in [0.2, 0.25) is 10.0 Å². The van der Waals surface area contributed by atoms with Gasteiger partial charge in [-0.3, -0.25) is 4.68 Å². The molecule has 0 saturated carbocycles. The second-order valence-corrected chi connectivity index (χ2v) is 7.05. The standard InChI is InChI=1S/C16H17N7O2S/c1-2-26(24,25)22-9-16(10-22,4-5-17)23-8-12(7-21-23)14-13-3-6-18-15(13)20-11-19-14/h3,6-8,11H,2,4,9-10H2,1H3,(H,18,19,20)/i1D3,2D2,4D2,9D2. The van der Waals surface area contributed by atoms with Crippen molar-refractivity contribution < 1.29 is 20.8 Å². The molecule has 4 heterocycles. The molecule has 1 aliphatic rings. The first-order chi connectivity index (χ1) is 16.0. The Morgan fingerprint density at radius 2 is 2.46 bits per heavy atom. The summed E-state index contributed by atoms with van der Waals surface area (Å²) in [7, 11) is -5.49. The van der Waals surface area contributed by atoms with Gasteiger partial charge in [0.05, 0.1) is 30.0 Å². The third-order valence-corrected chi connectivity index (χ3v) is 5.02. The van der Waals surface area contributed by atoms with Crippen LogP contribution < -0.4 is 0 Å². The maximum atomic E-state index is 12.9. The van der Waals surface area contributed by atoms with Crippen LogP contribution in [0, 0.1) is 11.3 Å². The fraction of sp³-hybridized carbons (Fsp3) is 0.375. The summed E-state index contributed by atoms with van der Waals surface area (Å²) in [5, 5.41) is 14.1. The molecule has 9 nitrogen and oxygen atoms in total. The van der Waals surface area contributed by atoms with E-state index in [0.717, 1.165) is 4.68 Å². The van der Waals surface area contributed by atoms with Crippen LogP contribution in [0.2, 0.25) is 0 Å². The average molecular weight is 380 g/mol. The number of rotatable bonds is 5. The van der Waals surface area contributed by atoms with E-state index >= 15 is 0 Å². The number of hydrogen-bond donors (Lipinski definition) is 1. The molecule has 1 unspecified atom stereocenters. The van der Waals surface area contributed by atoms with Crippen molar-refractivity contribution in [3.63, 3.8) is 0 Å². The zero-order valence-corrected chi connectivity index (χ0v) is 13.8. The van der Waals surface area contributed by atoms with E-state index in [2.05, 4.69) is 20.1 Å². The number of hydrogen-bond acceptors (Lipinski definition) is 6. The normalized spacial score (nSPS) is 29.4. The van der Waals surface area contributed by atoms with Gasteiger partial charge in [-0.2, -0.15) is 14.7 Å². The fourth-order valence-electron chi connectivity index (χ4n) is 2.70. The van der Waals surface area contributed by atoms with Crippen LogP contribution in [0.4, 0.5) is 0 Å². The largest absolute Gasteiger partial charge is 0.346 e. The smallest absolute Gasteiger partial charge is 0.213 e. The minimum absolute atomic E-state index is 0.0854. The topological polar surface area (TPSA) is 121 Å². The van der Waals surface area contributed by atoms with Crippen LogP contribution in [0.25, 0.3) is 22.3 Å². The van der Waals surface area contributed by atoms with Gasteiger partial charge in [-0.15, -0.1) is 0 Å². The van der Waals surface area contributed by atoms with Crippen LogP contribution in [0.3, 0.4) is 0 Å². The quantitative estimate of drug-likeness (QED) is 0.707. The fourth-order valence-corrected chi connectivity index (χ4v) is 3.43. The highest BCUT2D eigenvalue weighted by Gasteiger charge is 2.49. The van der Waals surface area contributed by atoms with Gasteiger partial charge in [0.1, 0.15) is 17.5 Å². The summed E-state index contributed by atoms with van der Waals surface area (Å²) in [5.74, 6) is 0. The summed E-state index contributed by atoms with van der Waals surface area (Å²) < 4.78 is 96.8. The minimum Gasteiger partial charge on any atom is -0.346 e. The highest BCUT2D eigenvalue weighted by atomic mass is 32.2. The first-order valence-electron chi connectivity index (χ1n) is 11.7. The Morgan fingerprint density at radius 3 is 3.23 bits per heavy atom. The number of aromatic amines is 1. The molecule has 1 saturated heterocycles. The van der Waals surface area contributed by atoms with E-state index in [4.69, 9.17) is 12.3 Å². The van der Waals surface area contributed by atoms with Gasteiger partial charge in [-0.25, -0.2) is 18.4 Å². The molecule has 0 radical (unpaired) electrons. The van der Waals surface area contributed by atoms with Crippen LogP contribution >= 0.6 is 0 Å². The van der Waals surface area contributed by atoms with Crippen molar-refractivity contribution in [2.75, 3.05) is 18.7 Å². The number of aromatic nitrogens is 5. The maximum Gasteiger partial charge on any atom is 0.213 e. The van der Waals surface area contributed by atoms with E-state index in [1.165, 1.54) is 24.8 Å². The van der Waals surface area contributed by atoms with Gasteiger partial charge >= 0.3 is 0 Å². The van der Waals surface area contributed by atoms with E-state index in [9.17, 15) is 13.7 Å². The molecule has 3 aromatic rings. The molecule has 0 aromatic carbocycles. The van der Waals surface area contributed by atoms with E-state index < -0.39 is 47.5 Å². The van der Waals surface area contributed by atoms with Crippen molar-refractivity contribution in [2.24, 2.45) is 0 Å². The molecule has 10 heteroatoms. The average Bonchev–Trinajstić information content (AvgIpc) is 3.41. The highest BCUT2D eigenvalue weighted by Crippen LogP contribution is 2.35. The van der Waals surface area contributed by atoms with Crippen molar-refractivity contribution in [1.82, 2.24) is 29.0 Å². The minimum atomic E-state index is -5.49. The predicted molar refractivity (Wildman–Crippen MR) is 94.3 cm³/mol. The molecule has 0 spiro atoms. The summed E-state index contributed by atoms with van der Waals surface area (Å²) in [6, 6.07) is 3.00. The second-order valence-electron chi connectivity index (χ2n) is 5.46. The van der Waals surface area contributed by atoms with E-state index in [1.54, 1.807) is 12.3 Å². The molecular formula is C16H17N7O2S. The van der Waals surface area contributed by atoms with Gasteiger partial charge in [-0.1, -0.05) is 0 Å². The predicted octanol–water partition coefficient (Wildman–Crippen LogP) is 1.10. The molecule has 1 N–H and O–H groups in total. The van der Waals surface area contributed by atoms with Gasteiger partial charge in [0, 0.05) is 48.7 Å². The number of nitrogens with one attached hydrogen (secondary N) is 1. The van der Waals surface area contributed by atoms with Crippen LogP contribution in [-0.2, 0) is 15.6 Å². The van der Waals surface area contributed by atoms with Gasteiger partial charge in [-0.05, 0) is 12.9 Å². The summed E-state index contributed by atoms with van der Waals surface area (Å²) in [5.41, 5.74) is -5.37. The molecule has 0 aliphatic carbocycles. The third-order valence-electron chi connectivity index (χ3n) is 3.96. The molecule has 1 fully saturated rings. The first-order valence-corrected chi connectivity index (χ1v) is 8.67. The van der Waals surface area contributed by atoms with Crippen molar-refractivity contribution in [3.8, 4) is 17.3 Å². The Morgan fingerprint density at radius 1 is 1.58 bits per heavy atom. The molecule has 4 rings (SSSR count). The number of H-pyrrole nitrogens is 1. The molecule has 3 aromatic heterocycles. The Labute approximate surface area is 163 Å². The number of nitriles is 1. The molecule has 134 valence electrons. The molecule has 0 bridgehead atoms. The lowest BCUT2D eigenvalue weighted by molar-refractivity contribution is 0.0719. The number of fused-ring (bicyclic) bond motifs is 1. The Hall–Kier alpha value is -2.77. The van der Waals surface area contributed by atoms with Crippen molar-refractivity contribution in [1.29, 1.82) is 5.26 Å². The van der Waals surface area contributed by atoms with Crippen LogP contribution in [-0.4, -0.2) is 56.2 Å². The van der Waals surface area contributed by atoms with E-state index in [-0.39, 0.29) is 9.87 Å². The maximum absolute atomic E-state index is 12.9. The summed E-state index contributed by atoms with van der Waals surface area (Å²) in [4.78, 5) is 11.1. The van der Waals surface area contributed by atoms with Crippen LogP contribution in [0.15, 0.2) is 31.0 Å². The Bertz CT molecular complexity index is 1460. The zero-order valence-electron chi connectivity index (χ0n) is 22.0. The van der Waals surface area contributed by atoms with Crippen molar-refractivity contribution in [3.05, 3.63) is 31.0 Å². The SMILES string of the molecule is [2H]C([2H])([2H])C([2H])([2H])S(=O)(=O)N1CC(n2cc(-c3ncnc4[nH]ccc34)cn2)(C([2H])([2H])C#N)C1([2H])[2H]. The van der Waals surface area contributed by atoms with E-state index in [0.29, 0.717) is 16.7 Å². The van der Waals surface area contributed by atoms with E-state index in [1.807, 2.05) is 0 Å². The third kappa shape index (κ3) is 2.48. The summed E-state index contributed by atoms with van der Waals surface area (Å²) in [6.07, 6.45) is 2.20. The monoisotopic (exact) mass is 380 g/mol. The Balaban J connectivity index is 1.85. The lowest BCUT2D eigenvalue weighted by Gasteiger charge is -2.47. The Kier molecular flexibility index (Phi) is 2.10. The van der Waals surface area contributed by atoms with Crippen molar-refractivity contribution >= 4 is 21.1 Å². The molecule has 0 amide bonds. The zero-order chi connectivity index (χ0) is 26.2. The number of sulfonamides is 1. The van der Waals surface area contributed by atoms with Crippen LogP contribution in [0.1, 0.15) is 25.6 Å². The first kappa shape index (κ1) is 9.25. The lowest BCUT2D eigenvalue weighted by atomic mass is 9.89. The molecular weight excluding hydrogens is 354 g/mol. The molecule has 26 heavy (non-hydrogen) atoms. The second kappa shape index (κ2) is 5.89. The summed E-state index contributed by atoms with van der Waals surface area (Å²) in [6.45, 7) is -8.05. The summed E-state index contributed by atoms with van der Waals surface area (Å²) >= 11 is 0. The van der Waals surface area contributed by atoms with Crippen LogP contribution in [0.5, 0.6) is 0 Å².